The molecule has 0 saturated heterocycles. The van der Waals surface area contributed by atoms with Gasteiger partial charge in [0.15, 0.2) is 0 Å². The summed E-state index contributed by atoms with van der Waals surface area (Å²) in [6.45, 7) is 5.25. The first-order chi connectivity index (χ1) is 8.70. The van der Waals surface area contributed by atoms with Gasteiger partial charge in [-0.3, -0.25) is 0 Å². The molecule has 0 amide bonds. The molecule has 0 radical (unpaired) electrons. The first-order valence-electron chi connectivity index (χ1n) is 7.51. The molecule has 0 saturated carbocycles. The van der Waals surface area contributed by atoms with Gasteiger partial charge in [-0.1, -0.05) is 46.0 Å². The van der Waals surface area contributed by atoms with Gasteiger partial charge in [0.1, 0.15) is 0 Å². The summed E-state index contributed by atoms with van der Waals surface area (Å²) < 4.78 is 11.8. The van der Waals surface area contributed by atoms with E-state index in [-0.39, 0.29) is 0 Å². The van der Waals surface area contributed by atoms with Crippen molar-refractivity contribution in [3.8, 4) is 0 Å². The Morgan fingerprint density at radius 2 is 1.67 bits per heavy atom. The first kappa shape index (κ1) is 18.1. The zero-order valence-electron chi connectivity index (χ0n) is 12.8. The molecular weight excluding hydrogens is 242 g/mol. The van der Waals surface area contributed by atoms with Crippen LogP contribution in [0.25, 0.3) is 0 Å². The summed E-state index contributed by atoms with van der Waals surface area (Å²) in [5.41, 5.74) is 6.21. The maximum atomic E-state index is 5.89. The molecule has 110 valence electrons. The maximum absolute atomic E-state index is 5.89. The fourth-order valence-electron chi connectivity index (χ4n) is 2.72. The van der Waals surface area contributed by atoms with Crippen LogP contribution >= 0.6 is 0 Å². The van der Waals surface area contributed by atoms with Crippen molar-refractivity contribution < 1.29 is 8.85 Å². The Morgan fingerprint density at radius 3 is 2.11 bits per heavy atom. The van der Waals surface area contributed by atoms with E-state index in [9.17, 15) is 0 Å². The zero-order valence-corrected chi connectivity index (χ0v) is 13.8. The van der Waals surface area contributed by atoms with Crippen LogP contribution in [0.15, 0.2) is 0 Å². The lowest BCUT2D eigenvalue weighted by atomic mass is 10.2. The molecule has 0 bridgehead atoms. The van der Waals surface area contributed by atoms with Gasteiger partial charge < -0.3 is 14.6 Å². The second kappa shape index (κ2) is 11.0. The third-order valence-corrected chi connectivity index (χ3v) is 8.31. The largest absolute Gasteiger partial charge is 0.397 e. The van der Waals surface area contributed by atoms with E-state index in [0.717, 1.165) is 31.9 Å². The van der Waals surface area contributed by atoms with Gasteiger partial charge >= 0.3 is 8.56 Å². The van der Waals surface area contributed by atoms with Gasteiger partial charge in [0, 0.05) is 19.8 Å². The molecule has 0 aromatic heterocycles. The van der Waals surface area contributed by atoms with Gasteiger partial charge in [-0.2, -0.15) is 0 Å². The SMILES string of the molecule is CCCCCC[Si](OC)(OC)C(CC)CCCN. The normalized spacial score (nSPS) is 13.8. The number of nitrogens with two attached hydrogens (primary N) is 1. The molecule has 0 spiro atoms. The highest BCUT2D eigenvalue weighted by Gasteiger charge is 2.42. The molecule has 0 aromatic rings. The summed E-state index contributed by atoms with van der Waals surface area (Å²) in [7, 11) is 1.65. The smallest absolute Gasteiger partial charge is 0.340 e. The summed E-state index contributed by atoms with van der Waals surface area (Å²) in [5.74, 6) is 0. The highest BCUT2D eigenvalue weighted by molar-refractivity contribution is 6.68. The van der Waals surface area contributed by atoms with Crippen LogP contribution in [-0.2, 0) is 8.85 Å². The fraction of sp³-hybridized carbons (Fsp3) is 1.00. The monoisotopic (exact) mass is 275 g/mol. The number of rotatable bonds is 12. The molecule has 1 unspecified atom stereocenters. The Labute approximate surface area is 115 Å². The fourth-order valence-corrected chi connectivity index (χ4v) is 6.38. The lowest BCUT2D eigenvalue weighted by Gasteiger charge is -2.35. The molecule has 0 aromatic carbocycles. The summed E-state index contributed by atoms with van der Waals surface area (Å²) in [6.07, 6.45) is 8.49. The van der Waals surface area contributed by atoms with Crippen LogP contribution in [0, 0.1) is 0 Å². The van der Waals surface area contributed by atoms with Gasteiger partial charge in [-0.15, -0.1) is 0 Å². The van der Waals surface area contributed by atoms with Crippen LogP contribution in [0.2, 0.25) is 11.6 Å². The summed E-state index contributed by atoms with van der Waals surface area (Å²) >= 11 is 0. The minimum atomic E-state index is -2.02. The Bertz CT molecular complexity index is 187. The van der Waals surface area contributed by atoms with E-state index < -0.39 is 8.56 Å². The van der Waals surface area contributed by atoms with Crippen LogP contribution in [0.5, 0.6) is 0 Å². The van der Waals surface area contributed by atoms with E-state index in [0.29, 0.717) is 5.54 Å². The van der Waals surface area contributed by atoms with Crippen LogP contribution in [-0.4, -0.2) is 29.3 Å². The summed E-state index contributed by atoms with van der Waals surface area (Å²) in [6, 6.07) is 1.13. The average molecular weight is 276 g/mol. The van der Waals surface area contributed by atoms with E-state index in [1.54, 1.807) is 0 Å². The van der Waals surface area contributed by atoms with Gasteiger partial charge in [-0.05, 0) is 25.4 Å². The van der Waals surface area contributed by atoms with Gasteiger partial charge in [0.05, 0.1) is 0 Å². The maximum Gasteiger partial charge on any atom is 0.340 e. The molecule has 0 aliphatic carbocycles. The molecule has 18 heavy (non-hydrogen) atoms. The van der Waals surface area contributed by atoms with Crippen LogP contribution in [0.1, 0.15) is 58.8 Å². The Morgan fingerprint density at radius 1 is 1.00 bits per heavy atom. The lowest BCUT2D eigenvalue weighted by molar-refractivity contribution is 0.222. The van der Waals surface area contributed by atoms with Crippen LogP contribution in [0.3, 0.4) is 0 Å². The minimum absolute atomic E-state index is 0.581. The molecule has 0 aliphatic heterocycles. The topological polar surface area (TPSA) is 44.5 Å². The number of hydrogen-bond acceptors (Lipinski definition) is 3. The molecule has 0 fully saturated rings. The second-order valence-corrected chi connectivity index (χ2v) is 8.82. The van der Waals surface area contributed by atoms with Gasteiger partial charge in [0.25, 0.3) is 0 Å². The molecular formula is C14H33NO2Si. The Balaban J connectivity index is 4.43. The van der Waals surface area contributed by atoms with Crippen molar-refractivity contribution in [2.45, 2.75) is 70.4 Å². The van der Waals surface area contributed by atoms with Crippen molar-refractivity contribution in [1.82, 2.24) is 0 Å². The molecule has 0 rings (SSSR count). The third kappa shape index (κ3) is 5.82. The van der Waals surface area contributed by atoms with E-state index in [1.807, 2.05) is 14.2 Å². The highest BCUT2D eigenvalue weighted by Crippen LogP contribution is 2.35. The second-order valence-electron chi connectivity index (χ2n) is 5.07. The summed E-state index contributed by atoms with van der Waals surface area (Å²) in [4.78, 5) is 0. The molecule has 0 aliphatic rings. The van der Waals surface area contributed by atoms with Gasteiger partial charge in [-0.25, -0.2) is 0 Å². The van der Waals surface area contributed by atoms with E-state index in [4.69, 9.17) is 14.6 Å². The number of unbranched alkanes of at least 4 members (excludes halogenated alkanes) is 3. The van der Waals surface area contributed by atoms with Crippen molar-refractivity contribution in [2.75, 3.05) is 20.8 Å². The van der Waals surface area contributed by atoms with E-state index in [2.05, 4.69) is 13.8 Å². The standard InChI is InChI=1S/C14H33NO2Si/c1-5-7-8-9-13-18(16-3,17-4)14(6-2)11-10-12-15/h14H,5-13,15H2,1-4H3. The minimum Gasteiger partial charge on any atom is -0.397 e. The highest BCUT2D eigenvalue weighted by atomic mass is 28.4. The zero-order chi connectivity index (χ0) is 13.9. The quantitative estimate of drug-likeness (QED) is 0.435. The van der Waals surface area contributed by atoms with E-state index in [1.165, 1.54) is 25.7 Å². The van der Waals surface area contributed by atoms with Crippen molar-refractivity contribution in [3.63, 3.8) is 0 Å². The van der Waals surface area contributed by atoms with Gasteiger partial charge in [0.2, 0.25) is 0 Å². The lowest BCUT2D eigenvalue weighted by Crippen LogP contribution is -2.45. The number of hydrogen-bond donors (Lipinski definition) is 1. The molecule has 0 heterocycles. The molecule has 3 nitrogen and oxygen atoms in total. The van der Waals surface area contributed by atoms with Crippen molar-refractivity contribution >= 4 is 8.56 Å². The molecule has 1 atom stereocenters. The van der Waals surface area contributed by atoms with Crippen LogP contribution in [0.4, 0.5) is 0 Å². The summed E-state index contributed by atoms with van der Waals surface area (Å²) in [5, 5.41) is 0. The van der Waals surface area contributed by atoms with Crippen molar-refractivity contribution in [3.05, 3.63) is 0 Å². The molecule has 2 N–H and O–H groups in total. The van der Waals surface area contributed by atoms with Crippen LogP contribution < -0.4 is 5.73 Å². The Kier molecular flexibility index (Phi) is 11.0. The predicted octanol–water partition coefficient (Wildman–Crippen LogP) is 3.82. The first-order valence-corrected chi connectivity index (χ1v) is 9.61. The van der Waals surface area contributed by atoms with E-state index >= 15 is 0 Å². The molecule has 4 heteroatoms. The predicted molar refractivity (Wildman–Crippen MR) is 81.1 cm³/mol. The average Bonchev–Trinajstić information content (AvgIpc) is 2.42. The van der Waals surface area contributed by atoms with Crippen molar-refractivity contribution in [1.29, 1.82) is 0 Å². The van der Waals surface area contributed by atoms with Crippen molar-refractivity contribution in [2.24, 2.45) is 5.73 Å². The Hall–Kier alpha value is 0.0969. The third-order valence-electron chi connectivity index (χ3n) is 3.94.